The van der Waals surface area contributed by atoms with E-state index >= 15 is 0 Å². The second-order valence-corrected chi connectivity index (χ2v) is 7.24. The third-order valence-electron chi connectivity index (χ3n) is 5.08. The van der Waals surface area contributed by atoms with E-state index in [1.807, 2.05) is 78.1 Å². The highest BCUT2D eigenvalue weighted by atomic mass is 16.5. The fourth-order valence-corrected chi connectivity index (χ4v) is 3.90. The van der Waals surface area contributed by atoms with Gasteiger partial charge in [0.25, 0.3) is 5.91 Å². The molecule has 1 aliphatic heterocycles. The lowest BCUT2D eigenvalue weighted by Crippen LogP contribution is -2.51. The van der Waals surface area contributed by atoms with Gasteiger partial charge < -0.3 is 18.9 Å². The summed E-state index contributed by atoms with van der Waals surface area (Å²) in [5.41, 5.74) is 2.82. The van der Waals surface area contributed by atoms with Gasteiger partial charge in [-0.05, 0) is 43.9 Å². The molecule has 3 aromatic rings. The molecular weight excluding hydrogens is 338 g/mol. The number of nitrogens with zero attached hydrogens (tertiary/aromatic N) is 3. The topological polar surface area (TPSA) is 37.2 Å². The van der Waals surface area contributed by atoms with Gasteiger partial charge in [0.15, 0.2) is 0 Å². The Labute approximate surface area is 159 Å². The maximum absolute atomic E-state index is 13.5. The van der Waals surface area contributed by atoms with E-state index in [2.05, 4.69) is 17.0 Å². The van der Waals surface area contributed by atoms with Crippen LogP contribution in [0.3, 0.4) is 0 Å². The quantitative estimate of drug-likeness (QED) is 0.715. The number of amides is 1. The number of rotatable bonds is 4. The van der Waals surface area contributed by atoms with Crippen LogP contribution in [0.25, 0.3) is 5.52 Å². The largest absolute Gasteiger partial charge is 0.373 e. The van der Waals surface area contributed by atoms with E-state index in [0.29, 0.717) is 18.8 Å². The van der Waals surface area contributed by atoms with Gasteiger partial charge in [-0.15, -0.1) is 0 Å². The Balaban J connectivity index is 1.73. The fraction of sp³-hybridized carbons (Fsp3) is 0.318. The van der Waals surface area contributed by atoms with Crippen molar-refractivity contribution < 1.29 is 9.53 Å². The van der Waals surface area contributed by atoms with Crippen molar-refractivity contribution in [3.05, 3.63) is 78.1 Å². The minimum atomic E-state index is -0.107. The molecule has 0 spiro atoms. The van der Waals surface area contributed by atoms with Crippen LogP contribution in [0.5, 0.6) is 0 Å². The number of hydrogen-bond donors (Lipinski definition) is 0. The number of ether oxygens (including phenoxy) is 1. The molecule has 0 N–H and O–H groups in total. The van der Waals surface area contributed by atoms with Crippen molar-refractivity contribution in [2.45, 2.75) is 12.1 Å². The lowest BCUT2D eigenvalue weighted by atomic mass is 9.97. The first-order valence-corrected chi connectivity index (χ1v) is 9.33. The Morgan fingerprint density at radius 2 is 1.85 bits per heavy atom. The highest BCUT2D eigenvalue weighted by molar-refractivity contribution is 5.94. The molecular formula is C22H25N3O2. The summed E-state index contributed by atoms with van der Waals surface area (Å²) in [5, 5.41) is 0. The van der Waals surface area contributed by atoms with Gasteiger partial charge in [0.1, 0.15) is 5.69 Å². The van der Waals surface area contributed by atoms with E-state index in [4.69, 9.17) is 4.74 Å². The number of fused-ring (bicyclic) bond motifs is 1. The predicted octanol–water partition coefficient (Wildman–Crippen LogP) is 3.08. The van der Waals surface area contributed by atoms with Crippen molar-refractivity contribution in [2.24, 2.45) is 0 Å². The lowest BCUT2D eigenvalue weighted by Gasteiger charge is -2.42. The van der Waals surface area contributed by atoms with Gasteiger partial charge >= 0.3 is 0 Å². The Morgan fingerprint density at radius 3 is 2.63 bits per heavy atom. The summed E-state index contributed by atoms with van der Waals surface area (Å²) in [6.45, 7) is 1.90. The number of likely N-dealkylation sites (N-methyl/N-ethyl adjacent to an activating group) is 1. The maximum Gasteiger partial charge on any atom is 0.271 e. The Hall–Kier alpha value is -2.63. The first kappa shape index (κ1) is 17.8. The summed E-state index contributed by atoms with van der Waals surface area (Å²) in [6, 6.07) is 19.9. The number of carbonyl (C=O) groups is 1. The van der Waals surface area contributed by atoms with Crippen LogP contribution >= 0.6 is 0 Å². The molecule has 5 heteroatoms. The van der Waals surface area contributed by atoms with Gasteiger partial charge in [-0.2, -0.15) is 0 Å². The fourth-order valence-electron chi connectivity index (χ4n) is 3.90. The molecule has 3 heterocycles. The minimum Gasteiger partial charge on any atom is -0.373 e. The molecule has 4 rings (SSSR count). The van der Waals surface area contributed by atoms with Gasteiger partial charge in [0.2, 0.25) is 0 Å². The van der Waals surface area contributed by atoms with Crippen LogP contribution in [0.4, 0.5) is 0 Å². The minimum absolute atomic E-state index is 0.0436. The second kappa shape index (κ2) is 7.55. The van der Waals surface area contributed by atoms with Crippen LogP contribution < -0.4 is 0 Å². The molecule has 0 radical (unpaired) electrons. The second-order valence-electron chi connectivity index (χ2n) is 7.24. The van der Waals surface area contributed by atoms with Crippen molar-refractivity contribution >= 4 is 11.4 Å². The van der Waals surface area contributed by atoms with Crippen molar-refractivity contribution in [2.75, 3.05) is 33.8 Å². The van der Waals surface area contributed by atoms with E-state index < -0.39 is 0 Å². The molecule has 140 valence electrons. The average molecular weight is 363 g/mol. The van der Waals surface area contributed by atoms with Gasteiger partial charge in [-0.3, -0.25) is 4.79 Å². The zero-order valence-corrected chi connectivity index (χ0v) is 15.8. The first-order valence-electron chi connectivity index (χ1n) is 9.33. The average Bonchev–Trinajstić information content (AvgIpc) is 3.11. The van der Waals surface area contributed by atoms with Crippen LogP contribution in [0.2, 0.25) is 0 Å². The Bertz CT molecular complexity index is 919. The van der Waals surface area contributed by atoms with Crippen LogP contribution in [-0.2, 0) is 4.74 Å². The van der Waals surface area contributed by atoms with Crippen molar-refractivity contribution in [3.8, 4) is 0 Å². The van der Waals surface area contributed by atoms with Crippen LogP contribution in [0, 0.1) is 0 Å². The summed E-state index contributed by atoms with van der Waals surface area (Å²) >= 11 is 0. The molecule has 0 unspecified atom stereocenters. The molecule has 1 aliphatic rings. The van der Waals surface area contributed by atoms with Gasteiger partial charge in [-0.1, -0.05) is 36.4 Å². The van der Waals surface area contributed by atoms with Crippen molar-refractivity contribution in [1.29, 1.82) is 0 Å². The van der Waals surface area contributed by atoms with Crippen LogP contribution in [0.15, 0.2) is 66.9 Å². The van der Waals surface area contributed by atoms with Gasteiger partial charge in [0, 0.05) is 24.8 Å². The summed E-state index contributed by atoms with van der Waals surface area (Å²) in [6.07, 6.45) is 1.88. The Morgan fingerprint density at radius 1 is 1.07 bits per heavy atom. The van der Waals surface area contributed by atoms with E-state index in [9.17, 15) is 4.79 Å². The molecule has 27 heavy (non-hydrogen) atoms. The maximum atomic E-state index is 13.5. The number of benzene rings is 1. The predicted molar refractivity (Wildman–Crippen MR) is 106 cm³/mol. The highest BCUT2D eigenvalue weighted by Gasteiger charge is 2.37. The molecule has 1 saturated heterocycles. The van der Waals surface area contributed by atoms with Crippen LogP contribution in [-0.4, -0.2) is 60.0 Å². The molecule has 1 aromatic carbocycles. The van der Waals surface area contributed by atoms with Gasteiger partial charge in [-0.25, -0.2) is 0 Å². The third-order valence-corrected chi connectivity index (χ3v) is 5.08. The smallest absolute Gasteiger partial charge is 0.271 e. The molecule has 2 atom stereocenters. The number of aromatic nitrogens is 1. The number of morpholine rings is 1. The molecule has 0 bridgehead atoms. The van der Waals surface area contributed by atoms with E-state index in [1.54, 1.807) is 0 Å². The number of pyridine rings is 1. The zero-order chi connectivity index (χ0) is 18.8. The molecule has 1 amide bonds. The SMILES string of the molecule is CN(C)C[C@@H]1OCCN(C(=O)c2ccc3ccccn23)[C@H]1c1ccccc1. The van der Waals surface area contributed by atoms with E-state index in [0.717, 1.165) is 17.6 Å². The normalized spacial score (nSPS) is 20.3. The monoisotopic (exact) mass is 363 g/mol. The van der Waals surface area contributed by atoms with Gasteiger partial charge in [0.05, 0.1) is 18.8 Å². The standard InChI is InChI=1S/C22H25N3O2/c1-23(2)16-20-21(17-8-4-3-5-9-17)25(14-15-27-20)22(26)19-12-11-18-10-6-7-13-24(18)19/h3-13,20-21H,14-16H2,1-2H3/t20-,21-/m0/s1. The molecule has 2 aromatic heterocycles. The Kier molecular flexibility index (Phi) is 4.97. The summed E-state index contributed by atoms with van der Waals surface area (Å²) in [5.74, 6) is 0.0436. The van der Waals surface area contributed by atoms with Crippen LogP contribution in [0.1, 0.15) is 22.1 Å². The molecule has 1 fully saturated rings. The highest BCUT2D eigenvalue weighted by Crippen LogP contribution is 2.31. The third kappa shape index (κ3) is 3.48. The van der Waals surface area contributed by atoms with E-state index in [1.165, 1.54) is 0 Å². The number of hydrogen-bond acceptors (Lipinski definition) is 3. The molecule has 0 saturated carbocycles. The molecule has 0 aliphatic carbocycles. The first-order chi connectivity index (χ1) is 13.1. The summed E-state index contributed by atoms with van der Waals surface area (Å²) in [7, 11) is 4.07. The van der Waals surface area contributed by atoms with E-state index in [-0.39, 0.29) is 18.1 Å². The summed E-state index contributed by atoms with van der Waals surface area (Å²) in [4.78, 5) is 17.6. The van der Waals surface area contributed by atoms with Crippen molar-refractivity contribution in [1.82, 2.24) is 14.2 Å². The summed E-state index contributed by atoms with van der Waals surface area (Å²) < 4.78 is 8.06. The lowest BCUT2D eigenvalue weighted by molar-refractivity contribution is -0.0686. The van der Waals surface area contributed by atoms with Crippen molar-refractivity contribution in [3.63, 3.8) is 0 Å². The zero-order valence-electron chi connectivity index (χ0n) is 15.8. The molecule has 5 nitrogen and oxygen atoms in total. The number of carbonyl (C=O) groups excluding carboxylic acids is 1.